The van der Waals surface area contributed by atoms with E-state index in [9.17, 15) is 13.0 Å². The smallest absolute Gasteiger partial charge is 0.327 e. The number of rotatable bonds is 7. The minimum absolute atomic E-state index is 0.0352. The average molecular weight is 435 g/mol. The quantitative estimate of drug-likeness (QED) is 0.388. The number of hydrogen-bond donors (Lipinski definition) is 2. The first-order valence-corrected chi connectivity index (χ1v) is 10.6. The summed E-state index contributed by atoms with van der Waals surface area (Å²) >= 11 is 0. The lowest BCUT2D eigenvalue weighted by molar-refractivity contribution is 0.412. The molecule has 0 saturated heterocycles. The van der Waals surface area contributed by atoms with Gasteiger partial charge in [-0.2, -0.15) is 18.4 Å². The third-order valence-corrected chi connectivity index (χ3v) is 4.85. The first kappa shape index (κ1) is 20.3. The Bertz CT molecular complexity index is 1220. The summed E-state index contributed by atoms with van der Waals surface area (Å²) in [4.78, 5) is 8.37. The van der Waals surface area contributed by atoms with E-state index in [0.29, 0.717) is 23.0 Å². The van der Waals surface area contributed by atoms with Gasteiger partial charge in [-0.15, -0.1) is 0 Å². The maximum Gasteiger partial charge on any atom is 0.327 e. The number of anilines is 2. The van der Waals surface area contributed by atoms with Gasteiger partial charge >= 0.3 is 6.01 Å². The molecular formula is C22H17N3O5S. The summed E-state index contributed by atoms with van der Waals surface area (Å²) in [5, 5.41) is 2.98. The van der Waals surface area contributed by atoms with E-state index in [0.717, 1.165) is 0 Å². The second kappa shape index (κ2) is 8.82. The lowest BCUT2D eigenvalue weighted by atomic mass is 10.3. The van der Waals surface area contributed by atoms with Crippen molar-refractivity contribution in [3.8, 4) is 23.4 Å². The van der Waals surface area contributed by atoms with E-state index >= 15 is 0 Å². The topological polar surface area (TPSA) is 111 Å². The Labute approximate surface area is 178 Å². The third-order valence-electron chi connectivity index (χ3n) is 4.00. The van der Waals surface area contributed by atoms with Gasteiger partial charge in [0, 0.05) is 11.8 Å². The SMILES string of the molecule is O=S(=O)(O)c1cccc(Nc2cc(Oc3ccccc3)nc(Oc3ccccc3)n2)c1. The number of aromatic nitrogens is 2. The molecule has 4 rings (SSSR count). The molecule has 31 heavy (non-hydrogen) atoms. The molecule has 0 atom stereocenters. The molecule has 9 heteroatoms. The molecule has 0 amide bonds. The van der Waals surface area contributed by atoms with Crippen LogP contribution in [0.2, 0.25) is 0 Å². The van der Waals surface area contributed by atoms with E-state index in [4.69, 9.17) is 9.47 Å². The zero-order chi connectivity index (χ0) is 21.7. The van der Waals surface area contributed by atoms with Crippen molar-refractivity contribution in [1.29, 1.82) is 0 Å². The van der Waals surface area contributed by atoms with Crippen LogP contribution in [0.15, 0.2) is 95.9 Å². The summed E-state index contributed by atoms with van der Waals surface area (Å²) in [5.74, 6) is 1.64. The van der Waals surface area contributed by atoms with Gasteiger partial charge < -0.3 is 14.8 Å². The van der Waals surface area contributed by atoms with E-state index in [1.165, 1.54) is 18.2 Å². The normalized spacial score (nSPS) is 11.0. The predicted octanol–water partition coefficient (Wildman–Crippen LogP) is 5.05. The molecule has 0 aliphatic rings. The Morgan fingerprint density at radius 2 is 1.39 bits per heavy atom. The van der Waals surface area contributed by atoms with E-state index < -0.39 is 10.1 Å². The van der Waals surface area contributed by atoms with E-state index in [1.54, 1.807) is 36.4 Å². The molecule has 0 radical (unpaired) electrons. The van der Waals surface area contributed by atoms with Crippen molar-refractivity contribution in [3.63, 3.8) is 0 Å². The monoisotopic (exact) mass is 435 g/mol. The van der Waals surface area contributed by atoms with Gasteiger partial charge in [-0.3, -0.25) is 4.55 Å². The van der Waals surface area contributed by atoms with Gasteiger partial charge in [-0.1, -0.05) is 42.5 Å². The fraction of sp³-hybridized carbons (Fsp3) is 0. The van der Waals surface area contributed by atoms with Crippen molar-refractivity contribution in [2.45, 2.75) is 4.90 Å². The zero-order valence-corrected chi connectivity index (χ0v) is 16.9. The fourth-order valence-corrected chi connectivity index (χ4v) is 3.18. The van der Waals surface area contributed by atoms with Crippen LogP contribution < -0.4 is 14.8 Å². The highest BCUT2D eigenvalue weighted by Crippen LogP contribution is 2.28. The summed E-state index contributed by atoms with van der Waals surface area (Å²) < 4.78 is 43.6. The number of nitrogens with zero attached hydrogens (tertiary/aromatic N) is 2. The Hall–Kier alpha value is -3.95. The summed E-state index contributed by atoms with van der Waals surface area (Å²) in [6, 6.07) is 25.4. The summed E-state index contributed by atoms with van der Waals surface area (Å²) in [5.41, 5.74) is 0.394. The molecule has 156 valence electrons. The van der Waals surface area contributed by atoms with Crippen LogP contribution in [0.3, 0.4) is 0 Å². The number of nitrogens with one attached hydrogen (secondary N) is 1. The van der Waals surface area contributed by atoms with Crippen molar-refractivity contribution in [1.82, 2.24) is 9.97 Å². The Kier molecular flexibility index (Phi) is 5.78. The van der Waals surface area contributed by atoms with Crippen molar-refractivity contribution in [3.05, 3.63) is 91.0 Å². The maximum atomic E-state index is 11.4. The Morgan fingerprint density at radius 3 is 2.03 bits per heavy atom. The van der Waals surface area contributed by atoms with E-state index in [1.807, 2.05) is 36.4 Å². The largest absolute Gasteiger partial charge is 0.439 e. The predicted molar refractivity (Wildman–Crippen MR) is 115 cm³/mol. The van der Waals surface area contributed by atoms with Gasteiger partial charge in [-0.05, 0) is 42.5 Å². The van der Waals surface area contributed by atoms with Crippen molar-refractivity contribution >= 4 is 21.6 Å². The van der Waals surface area contributed by atoms with Gasteiger partial charge in [-0.25, -0.2) is 0 Å². The number of benzene rings is 3. The minimum Gasteiger partial charge on any atom is -0.439 e. The maximum absolute atomic E-state index is 11.4. The van der Waals surface area contributed by atoms with E-state index in [2.05, 4.69) is 15.3 Å². The summed E-state index contributed by atoms with van der Waals surface area (Å²) in [6.45, 7) is 0. The average Bonchev–Trinajstić information content (AvgIpc) is 2.75. The molecule has 0 fully saturated rings. The first-order chi connectivity index (χ1) is 15.0. The van der Waals surface area contributed by atoms with Crippen LogP contribution in [-0.2, 0) is 10.1 Å². The first-order valence-electron chi connectivity index (χ1n) is 9.15. The summed E-state index contributed by atoms with van der Waals surface area (Å²) in [6.07, 6.45) is 0. The Balaban J connectivity index is 1.67. The third kappa shape index (κ3) is 5.56. The van der Waals surface area contributed by atoms with Crippen LogP contribution in [0.5, 0.6) is 23.4 Å². The molecule has 1 heterocycles. The highest BCUT2D eigenvalue weighted by Gasteiger charge is 2.12. The van der Waals surface area contributed by atoms with Gasteiger partial charge in [0.1, 0.15) is 17.3 Å². The molecule has 4 aromatic rings. The molecule has 8 nitrogen and oxygen atoms in total. The van der Waals surface area contributed by atoms with Crippen LogP contribution in [-0.4, -0.2) is 22.9 Å². The lowest BCUT2D eigenvalue weighted by Crippen LogP contribution is -2.02. The molecule has 0 aliphatic heterocycles. The number of para-hydroxylation sites is 2. The lowest BCUT2D eigenvalue weighted by Gasteiger charge is -2.11. The van der Waals surface area contributed by atoms with Gasteiger partial charge in [0.15, 0.2) is 0 Å². The molecular weight excluding hydrogens is 418 g/mol. The van der Waals surface area contributed by atoms with Crippen molar-refractivity contribution < 1.29 is 22.4 Å². The molecule has 3 aromatic carbocycles. The molecule has 0 aliphatic carbocycles. The van der Waals surface area contributed by atoms with Gasteiger partial charge in [0.25, 0.3) is 10.1 Å². The molecule has 0 spiro atoms. The molecule has 1 aromatic heterocycles. The van der Waals surface area contributed by atoms with Crippen molar-refractivity contribution in [2.75, 3.05) is 5.32 Å². The van der Waals surface area contributed by atoms with Gasteiger partial charge in [0.2, 0.25) is 5.88 Å². The van der Waals surface area contributed by atoms with Crippen LogP contribution in [0.1, 0.15) is 0 Å². The number of ether oxygens (including phenoxy) is 2. The number of hydrogen-bond acceptors (Lipinski definition) is 7. The molecule has 0 saturated carbocycles. The fourth-order valence-electron chi connectivity index (χ4n) is 2.65. The van der Waals surface area contributed by atoms with Crippen LogP contribution >= 0.6 is 0 Å². The highest BCUT2D eigenvalue weighted by molar-refractivity contribution is 7.85. The molecule has 0 bridgehead atoms. The minimum atomic E-state index is -4.34. The second-order valence-electron chi connectivity index (χ2n) is 6.33. The highest BCUT2D eigenvalue weighted by atomic mass is 32.2. The van der Waals surface area contributed by atoms with Crippen molar-refractivity contribution in [2.24, 2.45) is 0 Å². The van der Waals surface area contributed by atoms with Crippen LogP contribution in [0.25, 0.3) is 0 Å². The molecule has 0 unspecified atom stereocenters. The second-order valence-corrected chi connectivity index (χ2v) is 7.75. The van der Waals surface area contributed by atoms with Crippen LogP contribution in [0.4, 0.5) is 11.5 Å². The Morgan fingerprint density at radius 1 is 0.742 bits per heavy atom. The van der Waals surface area contributed by atoms with Gasteiger partial charge in [0.05, 0.1) is 4.90 Å². The molecule has 2 N–H and O–H groups in total. The standard InChI is InChI=1S/C22H17N3O5S/c26-31(27,28)19-13-7-8-16(14-19)23-20-15-21(29-17-9-3-1-4-10-17)25-22(24-20)30-18-11-5-2-6-12-18/h1-15H,(H,23,24,25)(H,26,27,28). The van der Waals surface area contributed by atoms with E-state index in [-0.39, 0.29) is 16.8 Å². The zero-order valence-electron chi connectivity index (χ0n) is 16.0. The van der Waals surface area contributed by atoms with Crippen LogP contribution in [0, 0.1) is 0 Å². The summed E-state index contributed by atoms with van der Waals surface area (Å²) in [7, 11) is -4.34.